The highest BCUT2D eigenvalue weighted by Crippen LogP contribution is 2.36. The summed E-state index contributed by atoms with van der Waals surface area (Å²) in [6.45, 7) is 6.01. The number of sulfonamides is 1. The zero-order chi connectivity index (χ0) is 21.3. The smallest absolute Gasteiger partial charge is 0.264 e. The Morgan fingerprint density at radius 1 is 1.00 bits per heavy atom. The lowest BCUT2D eigenvalue weighted by Gasteiger charge is -2.09. The van der Waals surface area contributed by atoms with Crippen molar-refractivity contribution in [1.82, 2.24) is 0 Å². The predicted molar refractivity (Wildman–Crippen MR) is 110 cm³/mol. The molecule has 1 N–H and O–H groups in total. The molecule has 1 heterocycles. The first-order chi connectivity index (χ1) is 13.6. The number of anilines is 1. The Bertz CT molecular complexity index is 1140. The molecule has 0 radical (unpaired) electrons. The van der Waals surface area contributed by atoms with E-state index in [1.165, 1.54) is 16.9 Å². The maximum absolute atomic E-state index is 13.9. The standard InChI is InChI=1S/C21H20F3NO2S2/c1-12(2)10-14-4-6-15(7-5-14)18-11-17(13(3)28-18)25-29(26,27)19-9-8-16(22)20(23)21(19)24/h4-9,11-12,25H,10H2,1-3H3. The Hall–Kier alpha value is -2.32. The first-order valence-corrected chi connectivity index (χ1v) is 11.2. The molecule has 8 heteroatoms. The maximum atomic E-state index is 13.9. The summed E-state index contributed by atoms with van der Waals surface area (Å²) in [5.74, 6) is -4.47. The van der Waals surface area contributed by atoms with Crippen LogP contribution in [-0.4, -0.2) is 8.42 Å². The quantitative estimate of drug-likeness (QED) is 0.469. The Balaban J connectivity index is 1.88. The molecule has 0 aliphatic rings. The highest BCUT2D eigenvalue weighted by atomic mass is 32.2. The second-order valence-corrected chi connectivity index (χ2v) is 10.1. The van der Waals surface area contributed by atoms with Gasteiger partial charge in [0.05, 0.1) is 5.69 Å². The highest BCUT2D eigenvalue weighted by Gasteiger charge is 2.25. The highest BCUT2D eigenvalue weighted by molar-refractivity contribution is 7.92. The molecule has 0 saturated heterocycles. The van der Waals surface area contributed by atoms with Crippen LogP contribution < -0.4 is 4.72 Å². The third kappa shape index (κ3) is 4.64. The largest absolute Gasteiger partial charge is 0.278 e. The van der Waals surface area contributed by atoms with Crippen molar-refractivity contribution in [3.8, 4) is 10.4 Å². The van der Waals surface area contributed by atoms with E-state index in [2.05, 4.69) is 18.6 Å². The number of thiophene rings is 1. The molecule has 1 aromatic heterocycles. The normalized spacial score (nSPS) is 11.8. The van der Waals surface area contributed by atoms with Crippen LogP contribution in [0.2, 0.25) is 0 Å². The molecule has 0 spiro atoms. The Kier molecular flexibility index (Phi) is 6.05. The average Bonchev–Trinajstić information content (AvgIpc) is 2.99. The second-order valence-electron chi connectivity index (χ2n) is 7.15. The first-order valence-electron chi connectivity index (χ1n) is 8.94. The van der Waals surface area contributed by atoms with Crippen molar-refractivity contribution in [1.29, 1.82) is 0 Å². The number of hydrogen-bond donors (Lipinski definition) is 1. The zero-order valence-electron chi connectivity index (χ0n) is 16.1. The van der Waals surface area contributed by atoms with Crippen molar-refractivity contribution < 1.29 is 21.6 Å². The van der Waals surface area contributed by atoms with Crippen molar-refractivity contribution in [3.05, 3.63) is 70.4 Å². The lowest BCUT2D eigenvalue weighted by Crippen LogP contribution is -2.16. The summed E-state index contributed by atoms with van der Waals surface area (Å²) >= 11 is 1.38. The lowest BCUT2D eigenvalue weighted by atomic mass is 10.0. The maximum Gasteiger partial charge on any atom is 0.264 e. The van der Waals surface area contributed by atoms with E-state index < -0.39 is 32.4 Å². The number of rotatable bonds is 6. The molecular weight excluding hydrogens is 419 g/mol. The molecule has 3 nitrogen and oxygen atoms in total. The van der Waals surface area contributed by atoms with E-state index in [4.69, 9.17) is 0 Å². The minimum absolute atomic E-state index is 0.264. The average molecular weight is 440 g/mol. The van der Waals surface area contributed by atoms with E-state index in [-0.39, 0.29) is 5.69 Å². The summed E-state index contributed by atoms with van der Waals surface area (Å²) in [6.07, 6.45) is 0.967. The third-order valence-corrected chi connectivity index (χ3v) is 6.82. The molecule has 3 aromatic rings. The Morgan fingerprint density at radius 2 is 1.66 bits per heavy atom. The van der Waals surface area contributed by atoms with Crippen LogP contribution in [0.3, 0.4) is 0 Å². The van der Waals surface area contributed by atoms with E-state index in [1.807, 2.05) is 24.3 Å². The number of nitrogens with one attached hydrogen (secondary N) is 1. The topological polar surface area (TPSA) is 46.2 Å². The molecule has 2 aromatic carbocycles. The van der Waals surface area contributed by atoms with Gasteiger partial charge in [0.2, 0.25) is 0 Å². The lowest BCUT2D eigenvalue weighted by molar-refractivity contribution is 0.432. The SMILES string of the molecule is Cc1sc(-c2ccc(CC(C)C)cc2)cc1NS(=O)(=O)c1ccc(F)c(F)c1F. The van der Waals surface area contributed by atoms with E-state index in [9.17, 15) is 21.6 Å². The summed E-state index contributed by atoms with van der Waals surface area (Å²) in [7, 11) is -4.42. The molecule has 0 amide bonds. The van der Waals surface area contributed by atoms with Gasteiger partial charge in [0.15, 0.2) is 17.5 Å². The monoisotopic (exact) mass is 439 g/mol. The van der Waals surface area contributed by atoms with Crippen LogP contribution in [-0.2, 0) is 16.4 Å². The van der Waals surface area contributed by atoms with Gasteiger partial charge in [-0.1, -0.05) is 38.1 Å². The minimum Gasteiger partial charge on any atom is -0.278 e. The molecule has 3 rings (SSSR count). The van der Waals surface area contributed by atoms with Crippen LogP contribution in [0.15, 0.2) is 47.4 Å². The van der Waals surface area contributed by atoms with Gasteiger partial charge in [-0.05, 0) is 48.6 Å². The van der Waals surface area contributed by atoms with E-state index >= 15 is 0 Å². The third-order valence-electron chi connectivity index (χ3n) is 4.33. The van der Waals surface area contributed by atoms with Gasteiger partial charge < -0.3 is 0 Å². The van der Waals surface area contributed by atoms with Crippen LogP contribution in [0.25, 0.3) is 10.4 Å². The summed E-state index contributed by atoms with van der Waals surface area (Å²) < 4.78 is 67.7. The zero-order valence-corrected chi connectivity index (χ0v) is 17.7. The molecule has 29 heavy (non-hydrogen) atoms. The van der Waals surface area contributed by atoms with Gasteiger partial charge in [0, 0.05) is 9.75 Å². The van der Waals surface area contributed by atoms with Gasteiger partial charge in [0.25, 0.3) is 10.0 Å². The molecular formula is C21H20F3NO2S2. The summed E-state index contributed by atoms with van der Waals surface area (Å²) in [6, 6.07) is 10.9. The van der Waals surface area contributed by atoms with Crippen molar-refractivity contribution in [2.45, 2.75) is 32.1 Å². The van der Waals surface area contributed by atoms with Crippen molar-refractivity contribution in [3.63, 3.8) is 0 Å². The van der Waals surface area contributed by atoms with Gasteiger partial charge >= 0.3 is 0 Å². The summed E-state index contributed by atoms with van der Waals surface area (Å²) in [5, 5.41) is 0. The van der Waals surface area contributed by atoms with E-state index in [0.717, 1.165) is 16.9 Å². The van der Waals surface area contributed by atoms with Gasteiger partial charge in [-0.25, -0.2) is 21.6 Å². The van der Waals surface area contributed by atoms with Crippen molar-refractivity contribution in [2.75, 3.05) is 4.72 Å². The molecule has 154 valence electrons. The number of halogens is 3. The van der Waals surface area contributed by atoms with Gasteiger partial charge in [-0.3, -0.25) is 4.72 Å². The number of hydrogen-bond acceptors (Lipinski definition) is 3. The molecule has 0 atom stereocenters. The fourth-order valence-electron chi connectivity index (χ4n) is 2.92. The number of benzene rings is 2. The fourth-order valence-corrected chi connectivity index (χ4v) is 5.15. The van der Waals surface area contributed by atoms with Crippen LogP contribution >= 0.6 is 11.3 Å². The van der Waals surface area contributed by atoms with Crippen LogP contribution in [0, 0.1) is 30.3 Å². The molecule has 0 fully saturated rings. The minimum atomic E-state index is -4.42. The fraction of sp³-hybridized carbons (Fsp3) is 0.238. The van der Waals surface area contributed by atoms with Gasteiger partial charge in [-0.2, -0.15) is 0 Å². The molecule has 0 saturated carbocycles. The molecule has 0 bridgehead atoms. The number of aryl methyl sites for hydroxylation is 1. The second kappa shape index (κ2) is 8.20. The Labute approximate surface area is 172 Å². The van der Waals surface area contributed by atoms with Crippen molar-refractivity contribution >= 4 is 27.0 Å². The van der Waals surface area contributed by atoms with Gasteiger partial charge in [0.1, 0.15) is 4.90 Å². The van der Waals surface area contributed by atoms with E-state index in [0.29, 0.717) is 22.9 Å². The molecule has 0 aliphatic carbocycles. The summed E-state index contributed by atoms with van der Waals surface area (Å²) in [4.78, 5) is 0.557. The van der Waals surface area contributed by atoms with Crippen molar-refractivity contribution in [2.24, 2.45) is 5.92 Å². The predicted octanol–water partition coefficient (Wildman–Crippen LogP) is 6.14. The first kappa shape index (κ1) is 21.4. The van der Waals surface area contributed by atoms with Crippen LogP contribution in [0.4, 0.5) is 18.9 Å². The van der Waals surface area contributed by atoms with Gasteiger partial charge in [-0.15, -0.1) is 11.3 Å². The summed E-state index contributed by atoms with van der Waals surface area (Å²) in [5.41, 5.74) is 2.40. The Morgan fingerprint density at radius 3 is 2.28 bits per heavy atom. The van der Waals surface area contributed by atoms with Crippen LogP contribution in [0.1, 0.15) is 24.3 Å². The van der Waals surface area contributed by atoms with Crippen LogP contribution in [0.5, 0.6) is 0 Å². The van der Waals surface area contributed by atoms with E-state index in [1.54, 1.807) is 13.0 Å². The molecule has 0 unspecified atom stereocenters. The molecule has 0 aliphatic heterocycles.